The number of para-hydroxylation sites is 2. The van der Waals surface area contributed by atoms with Crippen LogP contribution in [0.4, 0.5) is 0 Å². The highest BCUT2D eigenvalue weighted by Crippen LogP contribution is 2.31. The van der Waals surface area contributed by atoms with E-state index in [2.05, 4.69) is 27.5 Å². The van der Waals surface area contributed by atoms with Crippen LogP contribution in [-0.4, -0.2) is 33.9 Å². The number of piperidine rings is 1. The highest BCUT2D eigenvalue weighted by atomic mass is 32.1. The first-order chi connectivity index (χ1) is 11.3. The van der Waals surface area contributed by atoms with Gasteiger partial charge in [-0.1, -0.05) is 18.2 Å². The van der Waals surface area contributed by atoms with Crippen molar-refractivity contribution in [1.82, 2.24) is 14.9 Å². The zero-order valence-electron chi connectivity index (χ0n) is 12.7. The number of hydrogen-bond acceptors (Lipinski definition) is 4. The summed E-state index contributed by atoms with van der Waals surface area (Å²) in [6, 6.07) is 11.9. The second-order valence-corrected chi connectivity index (χ2v) is 6.81. The molecule has 2 aromatic heterocycles. The van der Waals surface area contributed by atoms with E-state index in [9.17, 15) is 4.79 Å². The van der Waals surface area contributed by atoms with E-state index < -0.39 is 0 Å². The van der Waals surface area contributed by atoms with E-state index in [1.807, 2.05) is 40.5 Å². The lowest BCUT2D eigenvalue weighted by Gasteiger charge is -2.31. The molecule has 1 aliphatic rings. The summed E-state index contributed by atoms with van der Waals surface area (Å²) in [4.78, 5) is 24.8. The van der Waals surface area contributed by atoms with E-state index in [4.69, 9.17) is 0 Å². The molecule has 0 N–H and O–H groups in total. The Morgan fingerprint density at radius 1 is 1.09 bits per heavy atom. The van der Waals surface area contributed by atoms with Crippen LogP contribution in [0, 0.1) is 0 Å². The summed E-state index contributed by atoms with van der Waals surface area (Å²) in [6.45, 7) is 1.58. The number of carbonyl (C=O) groups is 1. The second-order valence-electron chi connectivity index (χ2n) is 5.83. The van der Waals surface area contributed by atoms with Crippen LogP contribution in [0.5, 0.6) is 0 Å². The standard InChI is InChI=1S/C18H17N3OS/c22-18(16-12-19-14-4-1-2-5-15(14)20-16)21-9-7-13(8-10-21)17-6-3-11-23-17/h1-6,11-13H,7-10H2. The molecule has 4 rings (SSSR count). The quantitative estimate of drug-likeness (QED) is 0.722. The molecule has 1 amide bonds. The Bertz CT molecular complexity index is 823. The number of hydrogen-bond donors (Lipinski definition) is 0. The normalized spacial score (nSPS) is 15.9. The molecule has 5 heteroatoms. The van der Waals surface area contributed by atoms with E-state index in [1.165, 1.54) is 4.88 Å². The van der Waals surface area contributed by atoms with Gasteiger partial charge in [-0.25, -0.2) is 4.98 Å². The average Bonchev–Trinajstić information content (AvgIpc) is 3.15. The largest absolute Gasteiger partial charge is 0.337 e. The molecule has 0 aliphatic carbocycles. The highest BCUT2D eigenvalue weighted by molar-refractivity contribution is 7.10. The summed E-state index contributed by atoms with van der Waals surface area (Å²) in [5.74, 6) is 0.578. The zero-order valence-corrected chi connectivity index (χ0v) is 13.5. The van der Waals surface area contributed by atoms with Gasteiger partial charge < -0.3 is 4.90 Å². The van der Waals surface area contributed by atoms with Crippen LogP contribution in [0.25, 0.3) is 11.0 Å². The predicted octanol–water partition coefficient (Wildman–Crippen LogP) is 3.71. The van der Waals surface area contributed by atoms with Gasteiger partial charge in [0.05, 0.1) is 17.2 Å². The van der Waals surface area contributed by atoms with Crippen LogP contribution in [0.15, 0.2) is 48.0 Å². The smallest absolute Gasteiger partial charge is 0.274 e. The van der Waals surface area contributed by atoms with Crippen LogP contribution in [0.2, 0.25) is 0 Å². The molecule has 0 bridgehead atoms. The fourth-order valence-corrected chi connectivity index (χ4v) is 4.01. The molecule has 4 nitrogen and oxygen atoms in total. The fourth-order valence-electron chi connectivity index (χ4n) is 3.11. The number of rotatable bonds is 2. The van der Waals surface area contributed by atoms with Crippen LogP contribution in [0.1, 0.15) is 34.1 Å². The van der Waals surface area contributed by atoms with Crippen LogP contribution in [0.3, 0.4) is 0 Å². The van der Waals surface area contributed by atoms with E-state index in [0.717, 1.165) is 37.0 Å². The molecule has 0 spiro atoms. The molecule has 3 heterocycles. The molecule has 0 saturated carbocycles. The van der Waals surface area contributed by atoms with Crippen molar-refractivity contribution in [2.45, 2.75) is 18.8 Å². The van der Waals surface area contributed by atoms with Gasteiger partial charge in [-0.05, 0) is 42.3 Å². The van der Waals surface area contributed by atoms with E-state index >= 15 is 0 Å². The summed E-state index contributed by atoms with van der Waals surface area (Å²) in [5, 5.41) is 2.12. The van der Waals surface area contributed by atoms with Gasteiger partial charge in [0.25, 0.3) is 5.91 Å². The minimum atomic E-state index is -0.00659. The first-order valence-corrected chi connectivity index (χ1v) is 8.74. The first-order valence-electron chi connectivity index (χ1n) is 7.86. The molecular formula is C18H17N3OS. The molecule has 0 radical (unpaired) electrons. The number of carbonyl (C=O) groups excluding carboxylic acids is 1. The van der Waals surface area contributed by atoms with Gasteiger partial charge >= 0.3 is 0 Å². The Morgan fingerprint density at radius 2 is 1.87 bits per heavy atom. The lowest BCUT2D eigenvalue weighted by molar-refractivity contribution is 0.0708. The van der Waals surface area contributed by atoms with Crippen molar-refractivity contribution >= 4 is 28.3 Å². The first kappa shape index (κ1) is 14.3. The summed E-state index contributed by atoms with van der Waals surface area (Å²) < 4.78 is 0. The van der Waals surface area contributed by atoms with Crippen LogP contribution >= 0.6 is 11.3 Å². The number of nitrogens with zero attached hydrogens (tertiary/aromatic N) is 3. The number of amides is 1. The third-order valence-electron chi connectivity index (χ3n) is 4.40. The van der Waals surface area contributed by atoms with Gasteiger partial charge in [0, 0.05) is 18.0 Å². The van der Waals surface area contributed by atoms with Crippen molar-refractivity contribution < 1.29 is 4.79 Å². The Hall–Kier alpha value is -2.27. The number of thiophene rings is 1. The minimum Gasteiger partial charge on any atom is -0.337 e. The van der Waals surface area contributed by atoms with Gasteiger partial charge in [-0.2, -0.15) is 0 Å². The third kappa shape index (κ3) is 2.84. The Balaban J connectivity index is 1.48. The molecule has 1 aromatic carbocycles. The average molecular weight is 323 g/mol. The number of aromatic nitrogens is 2. The molecule has 0 atom stereocenters. The number of fused-ring (bicyclic) bond motifs is 1. The molecular weight excluding hydrogens is 306 g/mol. The predicted molar refractivity (Wildman–Crippen MR) is 91.7 cm³/mol. The molecule has 23 heavy (non-hydrogen) atoms. The Labute approximate surface area is 138 Å². The van der Waals surface area contributed by atoms with Crippen molar-refractivity contribution in [3.05, 3.63) is 58.5 Å². The molecule has 0 unspecified atom stereocenters. The van der Waals surface area contributed by atoms with Gasteiger partial charge in [0.1, 0.15) is 5.69 Å². The highest BCUT2D eigenvalue weighted by Gasteiger charge is 2.25. The number of likely N-dealkylation sites (tertiary alicyclic amines) is 1. The maximum Gasteiger partial charge on any atom is 0.274 e. The van der Waals surface area contributed by atoms with Gasteiger partial charge in [0.15, 0.2) is 0 Å². The Morgan fingerprint density at radius 3 is 2.61 bits per heavy atom. The molecule has 3 aromatic rings. The molecule has 1 saturated heterocycles. The van der Waals surface area contributed by atoms with Crippen molar-refractivity contribution in [2.75, 3.05) is 13.1 Å². The molecule has 1 fully saturated rings. The van der Waals surface area contributed by atoms with Crippen LogP contribution < -0.4 is 0 Å². The zero-order chi connectivity index (χ0) is 15.6. The maximum atomic E-state index is 12.7. The SMILES string of the molecule is O=C(c1cnc2ccccc2n1)N1CCC(c2cccs2)CC1. The van der Waals surface area contributed by atoms with Crippen molar-refractivity contribution in [3.63, 3.8) is 0 Å². The topological polar surface area (TPSA) is 46.1 Å². The summed E-state index contributed by atoms with van der Waals surface area (Å²) in [7, 11) is 0. The molecule has 1 aliphatic heterocycles. The second kappa shape index (κ2) is 6.08. The monoisotopic (exact) mass is 323 g/mol. The summed E-state index contributed by atoms with van der Waals surface area (Å²) in [5.41, 5.74) is 2.03. The minimum absolute atomic E-state index is 0.00659. The van der Waals surface area contributed by atoms with Gasteiger partial charge in [-0.15, -0.1) is 11.3 Å². The van der Waals surface area contributed by atoms with E-state index in [-0.39, 0.29) is 5.91 Å². The Kier molecular flexibility index (Phi) is 3.79. The van der Waals surface area contributed by atoms with Gasteiger partial charge in [0.2, 0.25) is 0 Å². The maximum absolute atomic E-state index is 12.7. The lowest BCUT2D eigenvalue weighted by Crippen LogP contribution is -2.38. The van der Waals surface area contributed by atoms with Crippen LogP contribution in [-0.2, 0) is 0 Å². The summed E-state index contributed by atoms with van der Waals surface area (Å²) in [6.07, 6.45) is 3.64. The number of benzene rings is 1. The van der Waals surface area contributed by atoms with E-state index in [0.29, 0.717) is 11.6 Å². The fraction of sp³-hybridized carbons (Fsp3) is 0.278. The lowest BCUT2D eigenvalue weighted by atomic mass is 9.95. The van der Waals surface area contributed by atoms with E-state index in [1.54, 1.807) is 6.20 Å². The molecule has 116 valence electrons. The van der Waals surface area contributed by atoms with Crippen molar-refractivity contribution in [1.29, 1.82) is 0 Å². The summed E-state index contributed by atoms with van der Waals surface area (Å²) >= 11 is 1.81. The van der Waals surface area contributed by atoms with Crippen molar-refractivity contribution in [3.8, 4) is 0 Å². The third-order valence-corrected chi connectivity index (χ3v) is 5.43. The van der Waals surface area contributed by atoms with Crippen molar-refractivity contribution in [2.24, 2.45) is 0 Å². The van der Waals surface area contributed by atoms with Gasteiger partial charge in [-0.3, -0.25) is 9.78 Å².